The molecular formula is C10H10BrCl2NO2. The fourth-order valence-electron chi connectivity index (χ4n) is 1.10. The van der Waals surface area contributed by atoms with Crippen molar-refractivity contribution in [2.45, 2.75) is 6.42 Å². The first-order valence-corrected chi connectivity index (χ1v) is 6.04. The number of ether oxygens (including phenoxy) is 1. The van der Waals surface area contributed by atoms with E-state index in [1.165, 1.54) is 7.11 Å². The van der Waals surface area contributed by atoms with E-state index in [2.05, 4.69) is 26.0 Å². The van der Waals surface area contributed by atoms with Crippen LogP contribution in [0.2, 0.25) is 10.0 Å². The quantitative estimate of drug-likeness (QED) is 0.857. The largest absolute Gasteiger partial charge is 0.469 e. The van der Waals surface area contributed by atoms with Crippen molar-refractivity contribution in [3.8, 4) is 0 Å². The van der Waals surface area contributed by atoms with Crippen LogP contribution in [0.3, 0.4) is 0 Å². The predicted octanol–water partition coefficient (Wildman–Crippen LogP) is 3.73. The number of esters is 1. The summed E-state index contributed by atoms with van der Waals surface area (Å²) in [5.74, 6) is -0.281. The summed E-state index contributed by atoms with van der Waals surface area (Å²) < 4.78 is 5.32. The second-order valence-corrected chi connectivity index (χ2v) is 4.73. The summed E-state index contributed by atoms with van der Waals surface area (Å²) in [6.07, 6.45) is 0.263. The second kappa shape index (κ2) is 6.33. The summed E-state index contributed by atoms with van der Waals surface area (Å²) in [5.41, 5.74) is 0.621. The summed E-state index contributed by atoms with van der Waals surface area (Å²) in [6, 6.07) is 3.46. The molecule has 0 fully saturated rings. The first-order chi connectivity index (χ1) is 7.54. The Morgan fingerprint density at radius 3 is 2.50 bits per heavy atom. The van der Waals surface area contributed by atoms with E-state index in [-0.39, 0.29) is 12.4 Å². The lowest BCUT2D eigenvalue weighted by atomic mass is 10.3. The number of carbonyl (C=O) groups excluding carboxylic acids is 1. The number of nitrogens with one attached hydrogen (secondary N) is 1. The van der Waals surface area contributed by atoms with Gasteiger partial charge in [-0.15, -0.1) is 0 Å². The fourth-order valence-corrected chi connectivity index (χ4v) is 2.44. The van der Waals surface area contributed by atoms with Crippen molar-refractivity contribution in [3.63, 3.8) is 0 Å². The number of hydrogen-bond acceptors (Lipinski definition) is 3. The molecule has 88 valence electrons. The van der Waals surface area contributed by atoms with Gasteiger partial charge in [0.1, 0.15) is 0 Å². The normalized spacial score (nSPS) is 10.0. The minimum Gasteiger partial charge on any atom is -0.469 e. The van der Waals surface area contributed by atoms with Crippen molar-refractivity contribution in [2.24, 2.45) is 0 Å². The van der Waals surface area contributed by atoms with E-state index < -0.39 is 0 Å². The van der Waals surface area contributed by atoms with E-state index in [0.717, 1.165) is 4.47 Å². The molecule has 0 radical (unpaired) electrons. The summed E-state index contributed by atoms with van der Waals surface area (Å²) in [5, 5.41) is 4.00. The van der Waals surface area contributed by atoms with Crippen molar-refractivity contribution >= 4 is 50.8 Å². The molecule has 3 nitrogen and oxygen atoms in total. The Hall–Kier alpha value is -0.450. The molecule has 0 saturated heterocycles. The fraction of sp³-hybridized carbons (Fsp3) is 0.300. The standard InChI is InChI=1S/C10H10BrCl2NO2/c1-16-9(15)2-3-14-10-7(12)4-6(11)5-8(10)13/h4-5,14H,2-3H2,1H3. The van der Waals surface area contributed by atoms with Gasteiger partial charge < -0.3 is 10.1 Å². The SMILES string of the molecule is COC(=O)CCNc1c(Cl)cc(Br)cc1Cl. The molecule has 0 aromatic heterocycles. The van der Waals surface area contributed by atoms with Gasteiger partial charge >= 0.3 is 5.97 Å². The molecule has 0 saturated carbocycles. The topological polar surface area (TPSA) is 38.3 Å². The van der Waals surface area contributed by atoms with Crippen LogP contribution in [0.5, 0.6) is 0 Å². The molecule has 0 unspecified atom stereocenters. The van der Waals surface area contributed by atoms with Crippen LogP contribution in [-0.2, 0) is 9.53 Å². The van der Waals surface area contributed by atoms with Crippen LogP contribution in [0.15, 0.2) is 16.6 Å². The number of halogens is 3. The molecule has 1 rings (SSSR count). The van der Waals surface area contributed by atoms with E-state index in [0.29, 0.717) is 22.3 Å². The zero-order valence-corrected chi connectivity index (χ0v) is 11.6. The van der Waals surface area contributed by atoms with Gasteiger partial charge in [-0.25, -0.2) is 0 Å². The van der Waals surface area contributed by atoms with Crippen molar-refractivity contribution in [1.29, 1.82) is 0 Å². The summed E-state index contributed by atoms with van der Waals surface area (Å²) in [7, 11) is 1.35. The van der Waals surface area contributed by atoms with Gasteiger partial charge in [0.25, 0.3) is 0 Å². The molecule has 0 heterocycles. The van der Waals surface area contributed by atoms with Crippen molar-refractivity contribution < 1.29 is 9.53 Å². The number of hydrogen-bond donors (Lipinski definition) is 1. The molecule has 0 spiro atoms. The minimum atomic E-state index is -0.281. The summed E-state index contributed by atoms with van der Waals surface area (Å²) in [6.45, 7) is 0.424. The Morgan fingerprint density at radius 1 is 1.44 bits per heavy atom. The number of rotatable bonds is 4. The summed E-state index contributed by atoms with van der Waals surface area (Å²) >= 11 is 15.3. The third kappa shape index (κ3) is 3.85. The zero-order valence-electron chi connectivity index (χ0n) is 8.52. The number of anilines is 1. The van der Waals surface area contributed by atoms with Gasteiger partial charge in [0.2, 0.25) is 0 Å². The third-order valence-electron chi connectivity index (χ3n) is 1.87. The van der Waals surface area contributed by atoms with Gasteiger partial charge in [0.15, 0.2) is 0 Å². The molecule has 1 aromatic carbocycles. The van der Waals surface area contributed by atoms with Gasteiger partial charge in [-0.05, 0) is 12.1 Å². The minimum absolute atomic E-state index is 0.263. The molecule has 1 N–H and O–H groups in total. The number of carbonyl (C=O) groups is 1. The lowest BCUT2D eigenvalue weighted by Crippen LogP contribution is -2.10. The monoisotopic (exact) mass is 325 g/mol. The zero-order chi connectivity index (χ0) is 12.1. The van der Waals surface area contributed by atoms with Gasteiger partial charge in [-0.3, -0.25) is 4.79 Å². The van der Waals surface area contributed by atoms with Gasteiger partial charge in [0, 0.05) is 11.0 Å². The van der Waals surface area contributed by atoms with E-state index in [4.69, 9.17) is 23.2 Å². The van der Waals surface area contributed by atoms with E-state index in [1.54, 1.807) is 12.1 Å². The molecule has 0 atom stereocenters. The Labute approximate surface area is 112 Å². The molecular weight excluding hydrogens is 317 g/mol. The molecule has 16 heavy (non-hydrogen) atoms. The van der Waals surface area contributed by atoms with Crippen LogP contribution in [0, 0.1) is 0 Å². The highest BCUT2D eigenvalue weighted by atomic mass is 79.9. The van der Waals surface area contributed by atoms with Crippen LogP contribution in [0.1, 0.15) is 6.42 Å². The molecule has 0 bridgehead atoms. The lowest BCUT2D eigenvalue weighted by molar-refractivity contribution is -0.140. The Morgan fingerprint density at radius 2 is 2.00 bits per heavy atom. The van der Waals surface area contributed by atoms with Crippen LogP contribution in [0.25, 0.3) is 0 Å². The van der Waals surface area contributed by atoms with Gasteiger partial charge in [0.05, 0.1) is 29.3 Å². The average Bonchev–Trinajstić information content (AvgIpc) is 2.21. The molecule has 0 aliphatic rings. The van der Waals surface area contributed by atoms with Crippen LogP contribution in [0.4, 0.5) is 5.69 Å². The van der Waals surface area contributed by atoms with Crippen LogP contribution >= 0.6 is 39.1 Å². The lowest BCUT2D eigenvalue weighted by Gasteiger charge is -2.10. The van der Waals surface area contributed by atoms with Crippen molar-refractivity contribution in [2.75, 3.05) is 19.0 Å². The van der Waals surface area contributed by atoms with Crippen LogP contribution < -0.4 is 5.32 Å². The molecule has 6 heteroatoms. The maximum absolute atomic E-state index is 10.9. The first kappa shape index (κ1) is 13.6. The Kier molecular flexibility index (Phi) is 5.38. The van der Waals surface area contributed by atoms with E-state index in [9.17, 15) is 4.79 Å². The highest BCUT2D eigenvalue weighted by Gasteiger charge is 2.07. The van der Waals surface area contributed by atoms with Gasteiger partial charge in [-0.2, -0.15) is 0 Å². The van der Waals surface area contributed by atoms with E-state index >= 15 is 0 Å². The van der Waals surface area contributed by atoms with Gasteiger partial charge in [-0.1, -0.05) is 39.1 Å². The molecule has 0 aliphatic carbocycles. The molecule has 0 amide bonds. The molecule has 0 aliphatic heterocycles. The number of benzene rings is 1. The van der Waals surface area contributed by atoms with Crippen molar-refractivity contribution in [3.05, 3.63) is 26.7 Å². The predicted molar refractivity (Wildman–Crippen MR) is 69.3 cm³/mol. The maximum Gasteiger partial charge on any atom is 0.307 e. The molecule has 1 aromatic rings. The Balaban J connectivity index is 2.64. The number of methoxy groups -OCH3 is 1. The van der Waals surface area contributed by atoms with Crippen LogP contribution in [-0.4, -0.2) is 19.6 Å². The highest BCUT2D eigenvalue weighted by molar-refractivity contribution is 9.10. The smallest absolute Gasteiger partial charge is 0.307 e. The average molecular weight is 327 g/mol. The third-order valence-corrected chi connectivity index (χ3v) is 2.92. The summed E-state index contributed by atoms with van der Waals surface area (Å²) in [4.78, 5) is 10.9. The van der Waals surface area contributed by atoms with E-state index in [1.807, 2.05) is 0 Å². The first-order valence-electron chi connectivity index (χ1n) is 4.50. The Bertz CT molecular complexity index is 375. The highest BCUT2D eigenvalue weighted by Crippen LogP contribution is 2.33. The maximum atomic E-state index is 10.9. The second-order valence-electron chi connectivity index (χ2n) is 3.00. The van der Waals surface area contributed by atoms with Crippen molar-refractivity contribution in [1.82, 2.24) is 0 Å².